The second-order valence-corrected chi connectivity index (χ2v) is 7.20. The number of carbonyl (C=O) groups excluding carboxylic acids is 1. The maximum Gasteiger partial charge on any atom is 0.262 e. The van der Waals surface area contributed by atoms with Gasteiger partial charge in [0.25, 0.3) is 5.56 Å². The molecule has 6 heteroatoms. The number of nitrogens with zero attached hydrogens (tertiary/aromatic N) is 2. The third-order valence-corrected chi connectivity index (χ3v) is 5.07. The lowest BCUT2D eigenvalue weighted by Gasteiger charge is -2.20. The zero-order valence-corrected chi connectivity index (χ0v) is 15.5. The van der Waals surface area contributed by atoms with Gasteiger partial charge in [0, 0.05) is 12.6 Å². The summed E-state index contributed by atoms with van der Waals surface area (Å²) in [6.07, 6.45) is 1.72. The minimum atomic E-state index is -0.306. The van der Waals surface area contributed by atoms with Crippen molar-refractivity contribution < 1.29 is 4.79 Å². The molecule has 0 saturated heterocycles. The number of aromatic nitrogens is 2. The molecule has 2 aromatic rings. The summed E-state index contributed by atoms with van der Waals surface area (Å²) in [5.41, 5.74) is 0.629. The Morgan fingerprint density at radius 1 is 1.29 bits per heavy atom. The van der Waals surface area contributed by atoms with E-state index in [4.69, 9.17) is 0 Å². The van der Waals surface area contributed by atoms with Gasteiger partial charge in [0.1, 0.15) is 0 Å². The number of carbonyl (C=O) groups is 1. The molecule has 0 bridgehead atoms. The van der Waals surface area contributed by atoms with Gasteiger partial charge in [-0.25, -0.2) is 4.98 Å². The van der Waals surface area contributed by atoms with E-state index in [2.05, 4.69) is 10.3 Å². The standard InChI is InChI=1S/C18H25N3O2S/c1-5-11-19-16(22)13(4)24-18-20-15-10-8-7-9-14(15)17(23)21(18)12(3)6-2/h7-10,12-13H,5-6,11H2,1-4H3,(H,19,22)/t12-,13+/m1/s1. The first-order chi connectivity index (χ1) is 11.5. The summed E-state index contributed by atoms with van der Waals surface area (Å²) in [5.74, 6) is -0.0278. The molecule has 1 N–H and O–H groups in total. The summed E-state index contributed by atoms with van der Waals surface area (Å²) < 4.78 is 1.72. The van der Waals surface area contributed by atoms with Gasteiger partial charge < -0.3 is 5.32 Å². The van der Waals surface area contributed by atoms with Gasteiger partial charge >= 0.3 is 0 Å². The van der Waals surface area contributed by atoms with E-state index in [0.29, 0.717) is 22.6 Å². The molecular weight excluding hydrogens is 322 g/mol. The van der Waals surface area contributed by atoms with Crippen LogP contribution in [0.3, 0.4) is 0 Å². The van der Waals surface area contributed by atoms with Crippen LogP contribution in [0.1, 0.15) is 46.6 Å². The number of hydrogen-bond acceptors (Lipinski definition) is 4. The Balaban J connectivity index is 2.44. The Hall–Kier alpha value is -1.82. The van der Waals surface area contributed by atoms with Crippen molar-refractivity contribution >= 4 is 28.6 Å². The maximum atomic E-state index is 12.9. The minimum Gasteiger partial charge on any atom is -0.355 e. The zero-order chi connectivity index (χ0) is 17.7. The largest absolute Gasteiger partial charge is 0.355 e. The minimum absolute atomic E-state index is 0.0278. The molecule has 0 aliphatic carbocycles. The first-order valence-corrected chi connectivity index (χ1v) is 9.33. The van der Waals surface area contributed by atoms with E-state index in [1.54, 1.807) is 10.6 Å². The summed E-state index contributed by atoms with van der Waals surface area (Å²) >= 11 is 1.34. The summed E-state index contributed by atoms with van der Waals surface area (Å²) in [4.78, 5) is 29.7. The molecule has 2 atom stereocenters. The number of amides is 1. The quantitative estimate of drug-likeness (QED) is 0.616. The van der Waals surface area contributed by atoms with Crippen LogP contribution in [0.25, 0.3) is 10.9 Å². The van der Waals surface area contributed by atoms with Crippen LogP contribution in [0, 0.1) is 0 Å². The number of nitrogens with one attached hydrogen (secondary N) is 1. The first kappa shape index (κ1) is 18.5. The van der Waals surface area contributed by atoms with Gasteiger partial charge in [-0.05, 0) is 38.8 Å². The van der Waals surface area contributed by atoms with Gasteiger partial charge in [-0.1, -0.05) is 37.7 Å². The van der Waals surface area contributed by atoms with Gasteiger partial charge in [-0.3, -0.25) is 14.2 Å². The van der Waals surface area contributed by atoms with Gasteiger partial charge in [0.15, 0.2) is 5.16 Å². The van der Waals surface area contributed by atoms with Crippen LogP contribution in [0.4, 0.5) is 0 Å². The molecule has 0 aliphatic rings. The molecule has 1 aromatic heterocycles. The molecule has 1 amide bonds. The highest BCUT2D eigenvalue weighted by Crippen LogP contribution is 2.25. The normalized spacial score (nSPS) is 13.7. The van der Waals surface area contributed by atoms with Crippen molar-refractivity contribution in [3.8, 4) is 0 Å². The van der Waals surface area contributed by atoms with Crippen molar-refractivity contribution in [3.05, 3.63) is 34.6 Å². The van der Waals surface area contributed by atoms with Gasteiger partial charge in [-0.2, -0.15) is 0 Å². The van der Waals surface area contributed by atoms with Crippen LogP contribution in [0.5, 0.6) is 0 Å². The molecule has 5 nitrogen and oxygen atoms in total. The fourth-order valence-electron chi connectivity index (χ4n) is 2.38. The van der Waals surface area contributed by atoms with Crippen LogP contribution in [-0.4, -0.2) is 27.3 Å². The van der Waals surface area contributed by atoms with Gasteiger partial charge in [0.2, 0.25) is 5.91 Å². The van der Waals surface area contributed by atoms with Crippen molar-refractivity contribution in [1.82, 2.24) is 14.9 Å². The topological polar surface area (TPSA) is 64.0 Å². The number of para-hydroxylation sites is 1. The molecule has 0 aliphatic heterocycles. The average Bonchev–Trinajstić information content (AvgIpc) is 2.59. The lowest BCUT2D eigenvalue weighted by molar-refractivity contribution is -0.120. The van der Waals surface area contributed by atoms with Crippen LogP contribution in [-0.2, 0) is 4.79 Å². The third kappa shape index (κ3) is 3.98. The van der Waals surface area contributed by atoms with Crippen molar-refractivity contribution in [1.29, 1.82) is 0 Å². The molecule has 0 radical (unpaired) electrons. The molecule has 130 valence electrons. The Morgan fingerprint density at radius 2 is 2.00 bits per heavy atom. The lowest BCUT2D eigenvalue weighted by Crippen LogP contribution is -2.33. The fourth-order valence-corrected chi connectivity index (χ4v) is 3.42. The van der Waals surface area contributed by atoms with E-state index < -0.39 is 0 Å². The summed E-state index contributed by atoms with van der Waals surface area (Å²) in [6.45, 7) is 8.57. The summed E-state index contributed by atoms with van der Waals surface area (Å²) in [5, 5.41) is 3.81. The second kappa shape index (κ2) is 8.33. The van der Waals surface area contributed by atoms with E-state index in [1.165, 1.54) is 11.8 Å². The Morgan fingerprint density at radius 3 is 2.67 bits per heavy atom. The molecule has 0 saturated carbocycles. The molecule has 1 aromatic carbocycles. The van der Waals surface area contributed by atoms with Gasteiger partial charge in [-0.15, -0.1) is 0 Å². The number of hydrogen-bond donors (Lipinski definition) is 1. The summed E-state index contributed by atoms with van der Waals surface area (Å²) in [6, 6.07) is 7.38. The van der Waals surface area contributed by atoms with E-state index in [1.807, 2.05) is 45.9 Å². The highest BCUT2D eigenvalue weighted by molar-refractivity contribution is 8.00. The number of rotatable bonds is 7. The molecule has 24 heavy (non-hydrogen) atoms. The van der Waals surface area contributed by atoms with Crippen LogP contribution in [0.15, 0.2) is 34.2 Å². The smallest absolute Gasteiger partial charge is 0.262 e. The van der Waals surface area contributed by atoms with E-state index in [9.17, 15) is 9.59 Å². The Bertz CT molecular complexity index is 772. The summed E-state index contributed by atoms with van der Waals surface area (Å²) in [7, 11) is 0. The highest BCUT2D eigenvalue weighted by Gasteiger charge is 2.20. The SMILES string of the molecule is CCCNC(=O)[C@H](C)Sc1nc2ccccc2c(=O)n1[C@H](C)CC. The van der Waals surface area contributed by atoms with E-state index in [0.717, 1.165) is 12.8 Å². The third-order valence-electron chi connectivity index (χ3n) is 4.01. The van der Waals surface area contributed by atoms with E-state index in [-0.39, 0.29) is 22.8 Å². The predicted molar refractivity (Wildman–Crippen MR) is 99.6 cm³/mol. The Kier molecular flexibility index (Phi) is 6.43. The number of thioether (sulfide) groups is 1. The predicted octanol–water partition coefficient (Wildman–Crippen LogP) is 3.37. The molecule has 1 heterocycles. The molecular formula is C18H25N3O2S. The average molecular weight is 347 g/mol. The molecule has 0 fully saturated rings. The van der Waals surface area contributed by atoms with Crippen molar-refractivity contribution in [2.75, 3.05) is 6.54 Å². The maximum absolute atomic E-state index is 12.9. The monoisotopic (exact) mass is 347 g/mol. The Labute approximate surface area is 146 Å². The van der Waals surface area contributed by atoms with Crippen molar-refractivity contribution in [2.24, 2.45) is 0 Å². The van der Waals surface area contributed by atoms with Crippen LogP contribution < -0.4 is 10.9 Å². The van der Waals surface area contributed by atoms with Crippen molar-refractivity contribution in [3.63, 3.8) is 0 Å². The lowest BCUT2D eigenvalue weighted by atomic mass is 10.2. The van der Waals surface area contributed by atoms with Gasteiger partial charge in [0.05, 0.1) is 16.2 Å². The van der Waals surface area contributed by atoms with Crippen molar-refractivity contribution in [2.45, 2.75) is 57.0 Å². The highest BCUT2D eigenvalue weighted by atomic mass is 32.2. The number of benzene rings is 1. The molecule has 2 rings (SSSR count). The fraction of sp³-hybridized carbons (Fsp3) is 0.500. The van der Waals surface area contributed by atoms with Crippen LogP contribution >= 0.6 is 11.8 Å². The zero-order valence-electron chi connectivity index (χ0n) is 14.7. The number of fused-ring (bicyclic) bond motifs is 1. The van der Waals surface area contributed by atoms with Crippen LogP contribution in [0.2, 0.25) is 0 Å². The van der Waals surface area contributed by atoms with E-state index >= 15 is 0 Å². The first-order valence-electron chi connectivity index (χ1n) is 8.45. The second-order valence-electron chi connectivity index (χ2n) is 5.90. The molecule has 0 spiro atoms. The molecule has 0 unspecified atom stereocenters.